The van der Waals surface area contributed by atoms with Gasteiger partial charge in [-0.1, -0.05) is 12.5 Å². The molecule has 4 rings (SSSR count). The summed E-state index contributed by atoms with van der Waals surface area (Å²) >= 11 is 0. The number of amides is 1. The average Bonchev–Trinajstić information content (AvgIpc) is 3.27. The van der Waals surface area contributed by atoms with Crippen molar-refractivity contribution >= 4 is 17.4 Å². The predicted molar refractivity (Wildman–Crippen MR) is 102 cm³/mol. The summed E-state index contributed by atoms with van der Waals surface area (Å²) in [5.41, 5.74) is 2.38. The number of nitrogens with one attached hydrogen (secondary N) is 2. The Morgan fingerprint density at radius 1 is 1.15 bits per heavy atom. The summed E-state index contributed by atoms with van der Waals surface area (Å²) in [6.07, 6.45) is 5.37. The molecule has 1 amide bonds. The monoisotopic (exact) mass is 350 g/mol. The second-order valence-electron chi connectivity index (χ2n) is 7.87. The maximum Gasteiger partial charge on any atom is 0.251 e. The molecule has 0 aliphatic heterocycles. The summed E-state index contributed by atoms with van der Waals surface area (Å²) < 4.78 is 0. The minimum atomic E-state index is -0.00101. The Balaban J connectivity index is 1.40. The third kappa shape index (κ3) is 3.57. The number of aryl methyl sites for hydroxylation is 1. The number of benzene rings is 1. The van der Waals surface area contributed by atoms with Crippen LogP contribution in [0.1, 0.15) is 48.7 Å². The van der Waals surface area contributed by atoms with E-state index in [1.165, 1.54) is 25.7 Å². The van der Waals surface area contributed by atoms with Gasteiger partial charge in [0.05, 0.1) is 5.69 Å². The third-order valence-electron chi connectivity index (χ3n) is 5.99. The van der Waals surface area contributed by atoms with Crippen molar-refractivity contribution in [2.45, 2.75) is 45.6 Å². The van der Waals surface area contributed by atoms with E-state index >= 15 is 0 Å². The van der Waals surface area contributed by atoms with E-state index in [2.05, 4.69) is 27.8 Å². The number of nitrogens with zero attached hydrogens (tertiary/aromatic N) is 2. The number of hydrogen-bond donors (Lipinski definition) is 2. The van der Waals surface area contributed by atoms with Crippen LogP contribution in [-0.2, 0) is 0 Å². The number of rotatable bonds is 5. The van der Waals surface area contributed by atoms with E-state index in [0.717, 1.165) is 23.2 Å². The minimum Gasteiger partial charge on any atom is -0.349 e. The number of fused-ring (bicyclic) bond motifs is 2. The van der Waals surface area contributed by atoms with E-state index < -0.39 is 0 Å². The number of aromatic nitrogens is 2. The number of anilines is 2. The molecule has 1 heterocycles. The van der Waals surface area contributed by atoms with Gasteiger partial charge in [-0.25, -0.2) is 0 Å². The third-order valence-corrected chi connectivity index (χ3v) is 5.99. The molecule has 4 atom stereocenters. The zero-order valence-electron chi connectivity index (χ0n) is 15.4. The molecular formula is C21H26N4O. The molecule has 1 aromatic carbocycles. The van der Waals surface area contributed by atoms with Gasteiger partial charge in [-0.3, -0.25) is 4.79 Å². The van der Waals surface area contributed by atoms with Crippen LogP contribution in [0.3, 0.4) is 0 Å². The molecule has 0 spiro atoms. The van der Waals surface area contributed by atoms with Gasteiger partial charge in [0.25, 0.3) is 5.91 Å². The lowest BCUT2D eigenvalue weighted by Crippen LogP contribution is -2.40. The fourth-order valence-corrected chi connectivity index (χ4v) is 4.66. The van der Waals surface area contributed by atoms with Gasteiger partial charge >= 0.3 is 0 Å². The van der Waals surface area contributed by atoms with Crippen molar-refractivity contribution in [2.75, 3.05) is 5.32 Å². The molecule has 136 valence electrons. The van der Waals surface area contributed by atoms with Gasteiger partial charge < -0.3 is 10.6 Å². The van der Waals surface area contributed by atoms with Crippen LogP contribution < -0.4 is 10.6 Å². The molecule has 0 saturated heterocycles. The van der Waals surface area contributed by atoms with Crippen LogP contribution in [0.2, 0.25) is 0 Å². The Labute approximate surface area is 154 Å². The summed E-state index contributed by atoms with van der Waals surface area (Å²) in [5.74, 6) is 3.01. The zero-order chi connectivity index (χ0) is 18.1. The van der Waals surface area contributed by atoms with Crippen LogP contribution in [0.5, 0.6) is 0 Å². The number of hydrogen-bond acceptors (Lipinski definition) is 4. The minimum absolute atomic E-state index is 0.00101. The van der Waals surface area contributed by atoms with Crippen LogP contribution in [0.25, 0.3) is 0 Å². The largest absolute Gasteiger partial charge is 0.349 e. The molecule has 2 saturated carbocycles. The van der Waals surface area contributed by atoms with Crippen LogP contribution in [-0.4, -0.2) is 22.1 Å². The van der Waals surface area contributed by atoms with E-state index in [-0.39, 0.29) is 11.9 Å². The molecule has 2 aliphatic rings. The molecular weight excluding hydrogens is 324 g/mol. The summed E-state index contributed by atoms with van der Waals surface area (Å²) in [4.78, 5) is 12.7. The Morgan fingerprint density at radius 3 is 2.73 bits per heavy atom. The Kier molecular flexibility index (Phi) is 4.62. The number of carbonyl (C=O) groups excluding carboxylic acids is 1. The molecule has 2 fully saturated rings. The predicted octanol–water partition coefficient (Wildman–Crippen LogP) is 4.08. The second kappa shape index (κ2) is 7.06. The highest BCUT2D eigenvalue weighted by Gasteiger charge is 2.42. The van der Waals surface area contributed by atoms with Gasteiger partial charge in [-0.2, -0.15) is 5.10 Å². The normalized spacial score (nSPS) is 25.1. The van der Waals surface area contributed by atoms with Crippen molar-refractivity contribution in [3.8, 4) is 0 Å². The molecule has 2 N–H and O–H groups in total. The van der Waals surface area contributed by atoms with Crippen molar-refractivity contribution in [2.24, 2.45) is 17.8 Å². The summed E-state index contributed by atoms with van der Waals surface area (Å²) in [5, 5.41) is 14.6. The van der Waals surface area contributed by atoms with E-state index in [1.54, 1.807) is 0 Å². The lowest BCUT2D eigenvalue weighted by molar-refractivity contribution is 0.0915. The van der Waals surface area contributed by atoms with Gasteiger partial charge in [0.2, 0.25) is 0 Å². The van der Waals surface area contributed by atoms with Crippen LogP contribution >= 0.6 is 0 Å². The van der Waals surface area contributed by atoms with Gasteiger partial charge in [-0.05, 0) is 81.2 Å². The van der Waals surface area contributed by atoms with Crippen LogP contribution in [0, 0.1) is 24.7 Å². The van der Waals surface area contributed by atoms with Gasteiger partial charge in [-0.15, -0.1) is 5.10 Å². The van der Waals surface area contributed by atoms with E-state index in [4.69, 9.17) is 0 Å². The van der Waals surface area contributed by atoms with Crippen molar-refractivity contribution in [1.82, 2.24) is 15.5 Å². The average molecular weight is 350 g/mol. The molecule has 1 aromatic heterocycles. The highest BCUT2D eigenvalue weighted by molar-refractivity contribution is 5.95. The molecule has 2 bridgehead atoms. The lowest BCUT2D eigenvalue weighted by atomic mass is 9.84. The van der Waals surface area contributed by atoms with Gasteiger partial charge in [0, 0.05) is 17.3 Å². The molecule has 2 aliphatic carbocycles. The fraction of sp³-hybridized carbons (Fsp3) is 0.476. The molecule has 26 heavy (non-hydrogen) atoms. The molecule has 5 heteroatoms. The Bertz CT molecular complexity index is 789. The quantitative estimate of drug-likeness (QED) is 0.852. The molecule has 4 unspecified atom stereocenters. The van der Waals surface area contributed by atoms with Crippen LogP contribution in [0.15, 0.2) is 36.4 Å². The number of carbonyl (C=O) groups is 1. The zero-order valence-corrected chi connectivity index (χ0v) is 15.4. The van der Waals surface area contributed by atoms with E-state index in [0.29, 0.717) is 17.3 Å². The summed E-state index contributed by atoms with van der Waals surface area (Å²) in [6, 6.07) is 11.6. The SMILES string of the molecule is Cc1ccc(Nc2cccc(C(=O)NC(C)C3CC4CCC3C4)c2)nn1. The maximum absolute atomic E-state index is 12.7. The Hall–Kier alpha value is -2.43. The van der Waals surface area contributed by atoms with Crippen molar-refractivity contribution < 1.29 is 4.79 Å². The lowest BCUT2D eigenvalue weighted by Gasteiger charge is -2.28. The second-order valence-corrected chi connectivity index (χ2v) is 7.87. The molecule has 0 radical (unpaired) electrons. The maximum atomic E-state index is 12.7. The van der Waals surface area contributed by atoms with E-state index in [1.807, 2.05) is 43.3 Å². The van der Waals surface area contributed by atoms with Crippen molar-refractivity contribution in [1.29, 1.82) is 0 Å². The highest BCUT2D eigenvalue weighted by atomic mass is 16.1. The standard InChI is InChI=1S/C21H26N4O/c1-13-6-9-20(25-24-13)23-18-5-3-4-17(12-18)21(26)22-14(2)19-11-15-7-8-16(19)10-15/h3-6,9,12,14-16,19H,7-8,10-11H2,1-2H3,(H,22,26)(H,23,25). The first-order valence-corrected chi connectivity index (χ1v) is 9.57. The van der Waals surface area contributed by atoms with Gasteiger partial charge in [0.1, 0.15) is 0 Å². The van der Waals surface area contributed by atoms with E-state index in [9.17, 15) is 4.79 Å². The van der Waals surface area contributed by atoms with Crippen molar-refractivity contribution in [3.05, 3.63) is 47.7 Å². The van der Waals surface area contributed by atoms with Gasteiger partial charge in [0.15, 0.2) is 5.82 Å². The van der Waals surface area contributed by atoms with Crippen molar-refractivity contribution in [3.63, 3.8) is 0 Å². The smallest absolute Gasteiger partial charge is 0.251 e. The summed E-state index contributed by atoms with van der Waals surface area (Å²) in [7, 11) is 0. The Morgan fingerprint density at radius 2 is 2.04 bits per heavy atom. The van der Waals surface area contributed by atoms with Crippen LogP contribution in [0.4, 0.5) is 11.5 Å². The first-order valence-electron chi connectivity index (χ1n) is 9.57. The highest BCUT2D eigenvalue weighted by Crippen LogP contribution is 2.49. The first kappa shape index (κ1) is 17.0. The fourth-order valence-electron chi connectivity index (χ4n) is 4.66. The first-order chi connectivity index (χ1) is 12.6. The molecule has 5 nitrogen and oxygen atoms in total. The summed E-state index contributed by atoms with van der Waals surface area (Å²) in [6.45, 7) is 4.06. The topological polar surface area (TPSA) is 66.9 Å². The molecule has 2 aromatic rings.